The largest absolute Gasteiger partial charge is 0.481 e. The average Bonchev–Trinajstić information content (AvgIpc) is 3.08. The second-order valence-corrected chi connectivity index (χ2v) is 6.76. The highest BCUT2D eigenvalue weighted by Crippen LogP contribution is 2.73. The van der Waals surface area contributed by atoms with Gasteiger partial charge in [-0.3, -0.25) is 4.79 Å². The van der Waals surface area contributed by atoms with Crippen LogP contribution in [0.2, 0.25) is 0 Å². The van der Waals surface area contributed by atoms with E-state index in [4.69, 9.17) is 0 Å². The molecule has 120 valence electrons. The Morgan fingerprint density at radius 3 is 2.09 bits per heavy atom. The van der Waals surface area contributed by atoms with Gasteiger partial charge < -0.3 is 5.11 Å². The van der Waals surface area contributed by atoms with Crippen molar-refractivity contribution in [2.75, 3.05) is 0 Å². The lowest BCUT2D eigenvalue weighted by Gasteiger charge is -2.30. The Kier molecular flexibility index (Phi) is 3.88. The van der Waals surface area contributed by atoms with E-state index in [9.17, 15) is 23.1 Å². The molecule has 1 N–H and O–H groups in total. The first-order valence-corrected chi connectivity index (χ1v) is 7.05. The van der Waals surface area contributed by atoms with Crippen LogP contribution in [0.5, 0.6) is 0 Å². The van der Waals surface area contributed by atoms with Crippen molar-refractivity contribution >= 4 is 12.0 Å². The highest BCUT2D eigenvalue weighted by Gasteiger charge is 2.80. The molecule has 22 heavy (non-hydrogen) atoms. The van der Waals surface area contributed by atoms with Crippen molar-refractivity contribution in [1.29, 1.82) is 0 Å². The van der Waals surface area contributed by atoms with Crippen LogP contribution in [0.1, 0.15) is 26.3 Å². The molecule has 5 heteroatoms. The van der Waals surface area contributed by atoms with Crippen LogP contribution >= 0.6 is 0 Å². The molecule has 0 aliphatic heterocycles. The molecule has 1 aromatic carbocycles. The Balaban J connectivity index is 2.47. The van der Waals surface area contributed by atoms with E-state index in [-0.39, 0.29) is 0 Å². The number of alkyl halides is 3. The van der Waals surface area contributed by atoms with Crippen molar-refractivity contribution in [2.45, 2.75) is 26.9 Å². The molecule has 1 fully saturated rings. The molecular formula is C17H19F3O2. The Labute approximate surface area is 127 Å². The molecule has 1 unspecified atom stereocenters. The minimum atomic E-state index is -4.53. The minimum absolute atomic E-state index is 0.753. The Hall–Kier alpha value is -1.78. The predicted octanol–water partition coefficient (Wildman–Crippen LogP) is 4.63. The van der Waals surface area contributed by atoms with Gasteiger partial charge in [0.05, 0.1) is 11.8 Å². The van der Waals surface area contributed by atoms with E-state index in [1.54, 1.807) is 51.1 Å². The number of rotatable bonds is 3. The third-order valence-electron chi connectivity index (χ3n) is 4.52. The monoisotopic (exact) mass is 312 g/mol. The molecule has 0 spiro atoms. The maximum atomic E-state index is 13.3. The molecule has 3 atom stereocenters. The van der Waals surface area contributed by atoms with Gasteiger partial charge >= 0.3 is 12.1 Å². The molecule has 1 aliphatic rings. The summed E-state index contributed by atoms with van der Waals surface area (Å²) in [5.41, 5.74) is -1.49. The van der Waals surface area contributed by atoms with E-state index in [2.05, 4.69) is 0 Å². The summed E-state index contributed by atoms with van der Waals surface area (Å²) >= 11 is 0. The highest BCUT2D eigenvalue weighted by atomic mass is 19.4. The van der Waals surface area contributed by atoms with Crippen molar-refractivity contribution in [3.63, 3.8) is 0 Å². The molecular weight excluding hydrogens is 293 g/mol. The maximum Gasteiger partial charge on any atom is 0.393 e. The summed E-state index contributed by atoms with van der Waals surface area (Å²) in [4.78, 5) is 11.4. The summed E-state index contributed by atoms with van der Waals surface area (Å²) in [6, 6.07) is 8.92. The van der Waals surface area contributed by atoms with E-state index in [0.29, 0.717) is 0 Å². The van der Waals surface area contributed by atoms with Crippen LogP contribution in [0.25, 0.3) is 6.08 Å². The molecule has 0 amide bonds. The molecule has 1 saturated carbocycles. The van der Waals surface area contributed by atoms with Gasteiger partial charge in [-0.2, -0.15) is 13.2 Å². The summed E-state index contributed by atoms with van der Waals surface area (Å²) in [6.45, 7) is 4.97. The Morgan fingerprint density at radius 1 is 1.18 bits per heavy atom. The van der Waals surface area contributed by atoms with Gasteiger partial charge in [-0.1, -0.05) is 63.3 Å². The van der Waals surface area contributed by atoms with Gasteiger partial charge in [0.25, 0.3) is 0 Å². The lowest BCUT2D eigenvalue weighted by atomic mass is 9.74. The van der Waals surface area contributed by atoms with E-state index < -0.39 is 34.8 Å². The number of carbonyl (C=O) groups is 1. The molecule has 0 bridgehead atoms. The first kappa shape index (κ1) is 16.6. The van der Waals surface area contributed by atoms with Gasteiger partial charge in [-0.05, 0) is 11.0 Å². The Bertz CT molecular complexity index is 584. The summed E-state index contributed by atoms with van der Waals surface area (Å²) in [5.74, 6) is -4.68. The maximum absolute atomic E-state index is 13.3. The molecule has 1 aliphatic carbocycles. The lowest BCUT2D eigenvalue weighted by Crippen LogP contribution is -2.28. The Morgan fingerprint density at radius 2 is 1.73 bits per heavy atom. The summed E-state index contributed by atoms with van der Waals surface area (Å²) in [7, 11) is 0. The second-order valence-electron chi connectivity index (χ2n) is 6.76. The summed E-state index contributed by atoms with van der Waals surface area (Å²) in [5, 5.41) is 9.25. The molecule has 2 nitrogen and oxygen atoms in total. The first-order valence-electron chi connectivity index (χ1n) is 7.05. The fraction of sp³-hybridized carbons (Fsp3) is 0.471. The van der Waals surface area contributed by atoms with Crippen LogP contribution in [-0.4, -0.2) is 17.3 Å². The van der Waals surface area contributed by atoms with Crippen LogP contribution in [0.3, 0.4) is 0 Å². The van der Waals surface area contributed by atoms with Gasteiger partial charge in [-0.25, -0.2) is 0 Å². The van der Waals surface area contributed by atoms with Gasteiger partial charge in [0.1, 0.15) is 0 Å². The summed E-state index contributed by atoms with van der Waals surface area (Å²) < 4.78 is 39.9. The molecule has 0 heterocycles. The topological polar surface area (TPSA) is 37.3 Å². The number of halogens is 3. The van der Waals surface area contributed by atoms with Crippen molar-refractivity contribution in [2.24, 2.45) is 22.7 Å². The molecule has 0 radical (unpaired) electrons. The number of carboxylic acids is 1. The molecule has 1 aromatic rings. The van der Waals surface area contributed by atoms with E-state index >= 15 is 0 Å². The van der Waals surface area contributed by atoms with Gasteiger partial charge in [0.15, 0.2) is 0 Å². The zero-order valence-corrected chi connectivity index (χ0v) is 12.7. The fourth-order valence-electron chi connectivity index (χ4n) is 3.40. The number of allylic oxidation sites excluding steroid dienone is 1. The van der Waals surface area contributed by atoms with Crippen molar-refractivity contribution in [3.8, 4) is 0 Å². The number of aliphatic carboxylic acids is 1. The third kappa shape index (κ3) is 2.64. The number of hydrogen-bond donors (Lipinski definition) is 1. The van der Waals surface area contributed by atoms with Gasteiger partial charge in [0, 0.05) is 5.41 Å². The summed E-state index contributed by atoms with van der Waals surface area (Å²) in [6.07, 6.45) is -1.50. The van der Waals surface area contributed by atoms with Crippen molar-refractivity contribution in [1.82, 2.24) is 0 Å². The number of benzene rings is 1. The normalized spacial score (nSPS) is 28.8. The fourth-order valence-corrected chi connectivity index (χ4v) is 3.40. The van der Waals surface area contributed by atoms with Crippen molar-refractivity contribution in [3.05, 3.63) is 42.0 Å². The van der Waals surface area contributed by atoms with Crippen LogP contribution in [-0.2, 0) is 4.79 Å². The quantitative estimate of drug-likeness (QED) is 0.884. The predicted molar refractivity (Wildman–Crippen MR) is 78.0 cm³/mol. The molecule has 0 aromatic heterocycles. The number of hydrogen-bond acceptors (Lipinski definition) is 1. The van der Waals surface area contributed by atoms with Gasteiger partial charge in [-0.15, -0.1) is 0 Å². The van der Waals surface area contributed by atoms with Crippen LogP contribution < -0.4 is 0 Å². The highest BCUT2D eigenvalue weighted by molar-refractivity contribution is 5.78. The molecule has 0 saturated heterocycles. The number of carboxylic acid groups (broad SMARTS) is 1. The zero-order chi connectivity index (χ0) is 16.8. The molecule has 2 rings (SSSR count). The van der Waals surface area contributed by atoms with Crippen LogP contribution in [0.4, 0.5) is 13.2 Å². The SMILES string of the molecule is CC(C)(C)C1(/C=C/c2ccccc2)[C@@H](C(=O)O)[C@H]1C(F)(F)F. The first-order chi connectivity index (χ1) is 10.0. The zero-order valence-electron chi connectivity index (χ0n) is 12.7. The average molecular weight is 312 g/mol. The van der Waals surface area contributed by atoms with Crippen LogP contribution in [0.15, 0.2) is 36.4 Å². The minimum Gasteiger partial charge on any atom is -0.481 e. The van der Waals surface area contributed by atoms with E-state index in [1.165, 1.54) is 6.08 Å². The third-order valence-corrected chi connectivity index (χ3v) is 4.52. The van der Waals surface area contributed by atoms with Crippen LogP contribution in [0, 0.1) is 22.7 Å². The smallest absolute Gasteiger partial charge is 0.393 e. The van der Waals surface area contributed by atoms with E-state index in [0.717, 1.165) is 5.56 Å². The van der Waals surface area contributed by atoms with E-state index in [1.807, 2.05) is 6.07 Å². The lowest BCUT2D eigenvalue weighted by molar-refractivity contribution is -0.164. The second kappa shape index (κ2) is 5.14. The van der Waals surface area contributed by atoms with Gasteiger partial charge in [0.2, 0.25) is 0 Å². The standard InChI is InChI=1S/C17H19F3O2/c1-15(2,3)16(10-9-11-7-5-4-6-8-11)12(14(21)22)13(16)17(18,19)20/h4-10,12-13H,1-3H3,(H,21,22)/b10-9+/t12-,13-,16?/m1/s1. The van der Waals surface area contributed by atoms with Crippen molar-refractivity contribution < 1.29 is 23.1 Å².